The second-order valence-corrected chi connectivity index (χ2v) is 4.80. The molecule has 1 rings (SSSR count). The van der Waals surface area contributed by atoms with Crippen LogP contribution < -0.4 is 5.32 Å². The van der Waals surface area contributed by atoms with Crippen molar-refractivity contribution < 1.29 is 13.2 Å². The van der Waals surface area contributed by atoms with Crippen molar-refractivity contribution in [3.63, 3.8) is 0 Å². The SMILES string of the molecule is CCN(CC)CC(C)NCc1ccc(C(F)(F)F)cn1. The molecule has 1 heterocycles. The first-order valence-corrected chi connectivity index (χ1v) is 6.84. The molecule has 0 saturated heterocycles. The van der Waals surface area contributed by atoms with Crippen molar-refractivity contribution in [2.24, 2.45) is 0 Å². The van der Waals surface area contributed by atoms with Gasteiger partial charge in [0.1, 0.15) is 0 Å². The second-order valence-electron chi connectivity index (χ2n) is 4.80. The summed E-state index contributed by atoms with van der Waals surface area (Å²) >= 11 is 0. The van der Waals surface area contributed by atoms with Crippen LogP contribution in [-0.4, -0.2) is 35.6 Å². The van der Waals surface area contributed by atoms with E-state index in [1.165, 1.54) is 6.07 Å². The van der Waals surface area contributed by atoms with Gasteiger partial charge in [-0.2, -0.15) is 13.2 Å². The molecule has 0 amide bonds. The summed E-state index contributed by atoms with van der Waals surface area (Å²) in [7, 11) is 0. The van der Waals surface area contributed by atoms with Crippen molar-refractivity contribution in [2.45, 2.75) is 39.5 Å². The van der Waals surface area contributed by atoms with Crippen LogP contribution in [0.5, 0.6) is 0 Å². The first-order valence-electron chi connectivity index (χ1n) is 6.84. The number of nitrogens with one attached hydrogen (secondary N) is 1. The van der Waals surface area contributed by atoms with Gasteiger partial charge in [0.05, 0.1) is 11.3 Å². The average molecular weight is 289 g/mol. The minimum absolute atomic E-state index is 0.263. The fourth-order valence-electron chi connectivity index (χ4n) is 1.91. The van der Waals surface area contributed by atoms with Gasteiger partial charge < -0.3 is 10.2 Å². The number of rotatable bonds is 7. The molecule has 0 aliphatic heterocycles. The molecule has 1 atom stereocenters. The first-order chi connectivity index (χ1) is 9.36. The molecule has 1 N–H and O–H groups in total. The largest absolute Gasteiger partial charge is 0.417 e. The van der Waals surface area contributed by atoms with Gasteiger partial charge in [0.15, 0.2) is 0 Å². The third kappa shape index (κ3) is 5.46. The van der Waals surface area contributed by atoms with E-state index in [1.54, 1.807) is 0 Å². The van der Waals surface area contributed by atoms with Crippen LogP contribution in [0.1, 0.15) is 32.0 Å². The van der Waals surface area contributed by atoms with Crippen molar-refractivity contribution in [3.8, 4) is 0 Å². The van der Waals surface area contributed by atoms with Gasteiger partial charge in [-0.25, -0.2) is 0 Å². The van der Waals surface area contributed by atoms with E-state index in [4.69, 9.17) is 0 Å². The Morgan fingerprint density at radius 1 is 1.25 bits per heavy atom. The zero-order valence-corrected chi connectivity index (χ0v) is 12.2. The van der Waals surface area contributed by atoms with E-state index in [-0.39, 0.29) is 6.04 Å². The zero-order chi connectivity index (χ0) is 15.2. The van der Waals surface area contributed by atoms with Gasteiger partial charge in [-0.05, 0) is 32.1 Å². The molecule has 6 heteroatoms. The number of hydrogen-bond acceptors (Lipinski definition) is 3. The van der Waals surface area contributed by atoms with Gasteiger partial charge in [0.2, 0.25) is 0 Å². The highest BCUT2D eigenvalue weighted by Gasteiger charge is 2.30. The topological polar surface area (TPSA) is 28.2 Å². The molecule has 1 aromatic rings. The summed E-state index contributed by atoms with van der Waals surface area (Å²) in [4.78, 5) is 6.13. The van der Waals surface area contributed by atoms with Crippen LogP contribution in [0.25, 0.3) is 0 Å². The summed E-state index contributed by atoms with van der Waals surface area (Å²) in [6.45, 7) is 9.62. The fraction of sp³-hybridized carbons (Fsp3) is 0.643. The Kier molecular flexibility index (Phi) is 6.42. The van der Waals surface area contributed by atoms with Crippen molar-refractivity contribution in [2.75, 3.05) is 19.6 Å². The Morgan fingerprint density at radius 2 is 1.90 bits per heavy atom. The number of nitrogens with zero attached hydrogens (tertiary/aromatic N) is 2. The van der Waals surface area contributed by atoms with Gasteiger partial charge in [-0.3, -0.25) is 4.98 Å². The minimum atomic E-state index is -4.32. The molecule has 0 aromatic carbocycles. The predicted molar refractivity (Wildman–Crippen MR) is 73.3 cm³/mol. The lowest BCUT2D eigenvalue weighted by Gasteiger charge is -2.23. The van der Waals surface area contributed by atoms with Crippen LogP contribution >= 0.6 is 0 Å². The molecule has 0 aliphatic carbocycles. The summed E-state index contributed by atoms with van der Waals surface area (Å²) in [5.74, 6) is 0. The lowest BCUT2D eigenvalue weighted by atomic mass is 10.2. The van der Waals surface area contributed by atoms with E-state index < -0.39 is 11.7 Å². The quantitative estimate of drug-likeness (QED) is 0.836. The van der Waals surface area contributed by atoms with E-state index in [0.717, 1.165) is 31.9 Å². The Morgan fingerprint density at radius 3 is 2.35 bits per heavy atom. The van der Waals surface area contributed by atoms with Gasteiger partial charge in [-0.15, -0.1) is 0 Å². The molecular formula is C14H22F3N3. The van der Waals surface area contributed by atoms with E-state index in [0.29, 0.717) is 12.2 Å². The Hall–Kier alpha value is -1.14. The van der Waals surface area contributed by atoms with E-state index in [1.807, 2.05) is 0 Å². The summed E-state index contributed by atoms with van der Waals surface area (Å²) in [5, 5.41) is 3.27. The predicted octanol–water partition coefficient (Wildman–Crippen LogP) is 2.92. The zero-order valence-electron chi connectivity index (χ0n) is 12.2. The van der Waals surface area contributed by atoms with E-state index >= 15 is 0 Å². The number of aromatic nitrogens is 1. The van der Waals surface area contributed by atoms with Gasteiger partial charge in [0, 0.05) is 25.3 Å². The van der Waals surface area contributed by atoms with Gasteiger partial charge >= 0.3 is 6.18 Å². The Bertz CT molecular complexity index is 386. The lowest BCUT2D eigenvalue weighted by molar-refractivity contribution is -0.137. The third-order valence-corrected chi connectivity index (χ3v) is 3.21. The van der Waals surface area contributed by atoms with E-state index in [2.05, 4.69) is 36.0 Å². The fourth-order valence-corrected chi connectivity index (χ4v) is 1.91. The Balaban J connectivity index is 2.46. The van der Waals surface area contributed by atoms with Crippen molar-refractivity contribution in [1.29, 1.82) is 0 Å². The minimum Gasteiger partial charge on any atom is -0.307 e. The standard InChI is InChI=1S/C14H22F3N3/c1-4-20(5-2)10-11(3)18-9-13-7-6-12(8-19-13)14(15,16)17/h6-8,11,18H,4-5,9-10H2,1-3H3. The number of hydrogen-bond donors (Lipinski definition) is 1. The molecular weight excluding hydrogens is 267 g/mol. The summed E-state index contributed by atoms with van der Waals surface area (Å²) in [6, 6.07) is 2.75. The molecule has 0 fully saturated rings. The first kappa shape index (κ1) is 16.9. The number of alkyl halides is 3. The average Bonchev–Trinajstić information content (AvgIpc) is 2.42. The monoisotopic (exact) mass is 289 g/mol. The molecule has 3 nitrogen and oxygen atoms in total. The van der Waals surface area contributed by atoms with Crippen LogP contribution in [0.3, 0.4) is 0 Å². The van der Waals surface area contributed by atoms with Gasteiger partial charge in [-0.1, -0.05) is 13.8 Å². The molecule has 0 aliphatic rings. The van der Waals surface area contributed by atoms with Crippen LogP contribution in [0.4, 0.5) is 13.2 Å². The third-order valence-electron chi connectivity index (χ3n) is 3.21. The van der Waals surface area contributed by atoms with Crippen LogP contribution in [0.2, 0.25) is 0 Å². The molecule has 20 heavy (non-hydrogen) atoms. The second kappa shape index (κ2) is 7.59. The van der Waals surface area contributed by atoms with Crippen molar-refractivity contribution in [3.05, 3.63) is 29.6 Å². The molecule has 1 unspecified atom stereocenters. The number of likely N-dealkylation sites (N-methyl/N-ethyl adjacent to an activating group) is 1. The lowest BCUT2D eigenvalue weighted by Crippen LogP contribution is -2.38. The molecule has 0 radical (unpaired) electrons. The highest BCUT2D eigenvalue weighted by molar-refractivity contribution is 5.16. The normalized spacial score (nSPS) is 13.8. The highest BCUT2D eigenvalue weighted by Crippen LogP contribution is 2.28. The maximum Gasteiger partial charge on any atom is 0.417 e. The van der Waals surface area contributed by atoms with E-state index in [9.17, 15) is 13.2 Å². The van der Waals surface area contributed by atoms with Crippen LogP contribution in [-0.2, 0) is 12.7 Å². The van der Waals surface area contributed by atoms with Crippen molar-refractivity contribution >= 4 is 0 Å². The number of pyridine rings is 1. The highest BCUT2D eigenvalue weighted by atomic mass is 19.4. The molecule has 1 aromatic heterocycles. The maximum atomic E-state index is 12.4. The smallest absolute Gasteiger partial charge is 0.307 e. The van der Waals surface area contributed by atoms with Gasteiger partial charge in [0.25, 0.3) is 0 Å². The van der Waals surface area contributed by atoms with Crippen LogP contribution in [0.15, 0.2) is 18.3 Å². The molecule has 0 bridgehead atoms. The summed E-state index contributed by atoms with van der Waals surface area (Å²) in [5.41, 5.74) is -0.0955. The number of halogens is 3. The maximum absolute atomic E-state index is 12.4. The summed E-state index contributed by atoms with van der Waals surface area (Å²) < 4.78 is 37.2. The molecule has 0 spiro atoms. The molecule has 0 saturated carbocycles. The molecule has 114 valence electrons. The Labute approximate surface area is 118 Å². The summed E-state index contributed by atoms with van der Waals surface area (Å²) in [6.07, 6.45) is -3.44. The van der Waals surface area contributed by atoms with Crippen molar-refractivity contribution in [1.82, 2.24) is 15.2 Å². The van der Waals surface area contributed by atoms with Crippen LogP contribution in [0, 0.1) is 0 Å².